The quantitative estimate of drug-likeness (QED) is 0.401. The van der Waals surface area contributed by atoms with E-state index in [9.17, 15) is 0 Å². The molecule has 0 saturated carbocycles. The summed E-state index contributed by atoms with van der Waals surface area (Å²) in [6, 6.07) is 0. The second-order valence-electron chi connectivity index (χ2n) is 9.44. The molecule has 2 atom stereocenters. The Morgan fingerprint density at radius 2 is 1.15 bits per heavy atom. The van der Waals surface area contributed by atoms with Crippen LogP contribution in [0.25, 0.3) is 0 Å². The van der Waals surface area contributed by atoms with Crippen LogP contribution in [0.5, 0.6) is 0 Å². The number of rotatable bonds is 5. The average Bonchev–Trinajstić information content (AvgIpc) is 3.19. The van der Waals surface area contributed by atoms with Gasteiger partial charge in [-0.25, -0.2) is 0 Å². The summed E-state index contributed by atoms with van der Waals surface area (Å²) in [7, 11) is 0. The standard InChI is InChI=1S/2C9H13.C8H11.Zr/c2*1-6-5-7(2)9(4)8(6)3;1-2-5-8-6-3-4-7-8;/h2*5H,1-4H3;3-4,6-7H,2,5H2,1H3;. The van der Waals surface area contributed by atoms with Crippen LogP contribution in [0.2, 0.25) is 9.37 Å². The summed E-state index contributed by atoms with van der Waals surface area (Å²) in [6.07, 6.45) is 17.7. The molecule has 0 fully saturated rings. The maximum atomic E-state index is 2.67. The molecule has 0 saturated heterocycles. The van der Waals surface area contributed by atoms with Gasteiger partial charge in [0.2, 0.25) is 0 Å². The van der Waals surface area contributed by atoms with Crippen LogP contribution >= 0.6 is 0 Å². The molecular formula is C26H37Zr. The minimum atomic E-state index is -2.30. The number of hydrogen-bond acceptors (Lipinski definition) is 0. The minimum absolute atomic E-state index is 0.252. The molecule has 0 nitrogen and oxygen atoms in total. The van der Waals surface area contributed by atoms with Crippen LogP contribution in [-0.4, -0.2) is 0 Å². The third-order valence-electron chi connectivity index (χ3n) is 7.94. The Bertz CT molecular complexity index is 777. The summed E-state index contributed by atoms with van der Waals surface area (Å²) >= 11 is -2.30. The van der Waals surface area contributed by atoms with Gasteiger partial charge in [0, 0.05) is 0 Å². The maximum absolute atomic E-state index is 2.67. The Kier molecular flexibility index (Phi) is 5.44. The Balaban J connectivity index is 2.31. The molecule has 0 aromatic carbocycles. The van der Waals surface area contributed by atoms with E-state index >= 15 is 0 Å². The van der Waals surface area contributed by atoms with Crippen molar-refractivity contribution in [3.8, 4) is 0 Å². The molecule has 0 heterocycles. The van der Waals surface area contributed by atoms with Crippen molar-refractivity contribution < 1.29 is 21.8 Å². The fourth-order valence-electron chi connectivity index (χ4n) is 6.08. The molecule has 2 unspecified atom stereocenters. The van der Waals surface area contributed by atoms with Gasteiger partial charge in [0.1, 0.15) is 0 Å². The Morgan fingerprint density at radius 1 is 0.741 bits per heavy atom. The van der Waals surface area contributed by atoms with Gasteiger partial charge in [-0.15, -0.1) is 0 Å². The van der Waals surface area contributed by atoms with Gasteiger partial charge in [-0.1, -0.05) is 0 Å². The van der Waals surface area contributed by atoms with Crippen LogP contribution in [0.15, 0.2) is 69.9 Å². The average molecular weight is 441 g/mol. The van der Waals surface area contributed by atoms with Gasteiger partial charge in [-0.05, 0) is 0 Å². The molecule has 27 heavy (non-hydrogen) atoms. The zero-order valence-corrected chi connectivity index (χ0v) is 21.3. The molecular weight excluding hydrogens is 404 g/mol. The first-order valence-corrected chi connectivity index (χ1v) is 14.2. The van der Waals surface area contributed by atoms with Gasteiger partial charge in [-0.2, -0.15) is 0 Å². The van der Waals surface area contributed by atoms with Gasteiger partial charge < -0.3 is 0 Å². The Morgan fingerprint density at radius 3 is 1.44 bits per heavy atom. The summed E-state index contributed by atoms with van der Waals surface area (Å²) in [6.45, 7) is 21.7. The molecule has 0 aromatic heterocycles. The fraction of sp³-hybridized carbons (Fsp3) is 0.538. The molecule has 0 N–H and O–H groups in total. The van der Waals surface area contributed by atoms with Crippen molar-refractivity contribution in [3.05, 3.63) is 69.9 Å². The van der Waals surface area contributed by atoms with E-state index in [4.69, 9.17) is 0 Å². The molecule has 0 spiro atoms. The predicted octanol–water partition coefficient (Wildman–Crippen LogP) is 8.64. The van der Waals surface area contributed by atoms with Crippen LogP contribution in [0.1, 0.15) is 75.2 Å². The van der Waals surface area contributed by atoms with Crippen LogP contribution in [0, 0.1) is 0 Å². The van der Waals surface area contributed by atoms with E-state index in [1.165, 1.54) is 35.1 Å². The van der Waals surface area contributed by atoms with Gasteiger partial charge >= 0.3 is 176 Å². The SMILES string of the molecule is CCC[C]1([Zr]([C]2(C)C=C(C)C(C)=C2C)[C]2(C)C=C(C)C(C)=C2C)C=CC=C1. The van der Waals surface area contributed by atoms with Crippen molar-refractivity contribution in [1.29, 1.82) is 0 Å². The van der Waals surface area contributed by atoms with Crippen molar-refractivity contribution in [2.24, 2.45) is 0 Å². The Hall–Kier alpha value is -0.677. The molecule has 3 aliphatic carbocycles. The van der Waals surface area contributed by atoms with Gasteiger partial charge in [0.25, 0.3) is 0 Å². The molecule has 3 aliphatic rings. The molecule has 0 bridgehead atoms. The summed E-state index contributed by atoms with van der Waals surface area (Å²) in [5, 5.41) is 0. The van der Waals surface area contributed by atoms with E-state index in [0.717, 1.165) is 0 Å². The number of allylic oxidation sites excluding steroid dienone is 12. The van der Waals surface area contributed by atoms with E-state index in [1.807, 2.05) is 0 Å². The Labute approximate surface area is 175 Å². The normalized spacial score (nSPS) is 31.9. The van der Waals surface area contributed by atoms with E-state index in [0.29, 0.717) is 3.12 Å². The summed E-state index contributed by atoms with van der Waals surface area (Å²) in [5.41, 5.74) is 9.37. The second-order valence-corrected chi connectivity index (χ2v) is 18.7. The molecule has 3 rings (SSSR count). The van der Waals surface area contributed by atoms with Crippen LogP contribution in [0.4, 0.5) is 0 Å². The molecule has 0 aromatic rings. The van der Waals surface area contributed by atoms with Gasteiger partial charge in [-0.3, -0.25) is 0 Å². The fourth-order valence-corrected chi connectivity index (χ4v) is 20.5. The van der Waals surface area contributed by atoms with E-state index < -0.39 is 21.8 Å². The number of hydrogen-bond donors (Lipinski definition) is 0. The van der Waals surface area contributed by atoms with E-state index in [-0.39, 0.29) is 6.25 Å². The first kappa shape index (κ1) is 21.0. The second kappa shape index (κ2) is 6.98. The van der Waals surface area contributed by atoms with E-state index in [1.54, 1.807) is 11.1 Å². The van der Waals surface area contributed by atoms with Crippen LogP contribution < -0.4 is 0 Å². The van der Waals surface area contributed by atoms with E-state index in [2.05, 4.69) is 98.8 Å². The van der Waals surface area contributed by atoms with Crippen molar-refractivity contribution in [2.45, 2.75) is 84.5 Å². The van der Waals surface area contributed by atoms with Crippen molar-refractivity contribution in [1.82, 2.24) is 0 Å². The third-order valence-corrected chi connectivity index (χ3v) is 19.3. The van der Waals surface area contributed by atoms with Gasteiger partial charge in [0.05, 0.1) is 0 Å². The zero-order chi connectivity index (χ0) is 20.2. The molecule has 0 aliphatic heterocycles. The summed E-state index contributed by atoms with van der Waals surface area (Å²) < 4.78 is 0.801. The van der Waals surface area contributed by atoms with Crippen LogP contribution in [0.3, 0.4) is 0 Å². The van der Waals surface area contributed by atoms with Gasteiger partial charge in [0.15, 0.2) is 0 Å². The summed E-state index contributed by atoms with van der Waals surface area (Å²) in [4.78, 5) is 0. The monoisotopic (exact) mass is 439 g/mol. The van der Waals surface area contributed by atoms with Crippen molar-refractivity contribution in [3.63, 3.8) is 0 Å². The summed E-state index contributed by atoms with van der Waals surface area (Å²) in [5.74, 6) is 0. The molecule has 145 valence electrons. The zero-order valence-electron chi connectivity index (χ0n) is 18.9. The van der Waals surface area contributed by atoms with Crippen LogP contribution in [-0.2, 0) is 21.8 Å². The third kappa shape index (κ3) is 2.95. The topological polar surface area (TPSA) is 0 Å². The van der Waals surface area contributed by atoms with Crippen molar-refractivity contribution in [2.75, 3.05) is 0 Å². The first-order valence-electron chi connectivity index (χ1n) is 10.5. The predicted molar refractivity (Wildman–Crippen MR) is 117 cm³/mol. The molecule has 1 heteroatoms. The molecule has 0 radical (unpaired) electrons. The van der Waals surface area contributed by atoms with Crippen molar-refractivity contribution >= 4 is 0 Å². The first-order chi connectivity index (χ1) is 12.5. The molecule has 0 amide bonds.